The average molecular weight is 788 g/mol. The van der Waals surface area contributed by atoms with Crippen molar-refractivity contribution in [3.8, 4) is 11.1 Å². The summed E-state index contributed by atoms with van der Waals surface area (Å²) in [6.07, 6.45) is 3.46. The third kappa shape index (κ3) is 9.61. The normalized spacial score (nSPS) is 21.8. The predicted octanol–water partition coefficient (Wildman–Crippen LogP) is 6.38. The largest absolute Gasteiger partial charge is 0.392 e. The van der Waals surface area contributed by atoms with E-state index in [0.717, 1.165) is 84.3 Å². The quantitative estimate of drug-likeness (QED) is 0.102. The number of anilines is 1. The Morgan fingerprint density at radius 3 is 2.28 bits per heavy atom. The van der Waals surface area contributed by atoms with E-state index in [0.29, 0.717) is 32.7 Å². The highest BCUT2D eigenvalue weighted by atomic mass is 16.7. The number of aliphatic hydroxyl groups excluding tert-OH is 1. The molecule has 58 heavy (non-hydrogen) atoms. The number of carbonyl (C=O) groups excluding carboxylic acids is 3. The van der Waals surface area contributed by atoms with Gasteiger partial charge in [0, 0.05) is 63.2 Å². The van der Waals surface area contributed by atoms with Crippen molar-refractivity contribution in [2.24, 2.45) is 5.92 Å². The summed E-state index contributed by atoms with van der Waals surface area (Å²) in [5, 5.41) is 18.7. The Bertz CT molecular complexity index is 1980. The van der Waals surface area contributed by atoms with E-state index in [1.807, 2.05) is 60.7 Å². The first-order chi connectivity index (χ1) is 28.2. The van der Waals surface area contributed by atoms with Crippen LogP contribution in [0.1, 0.15) is 87.0 Å². The summed E-state index contributed by atoms with van der Waals surface area (Å²) < 4.78 is 13.6. The maximum absolute atomic E-state index is 13.3. The minimum absolute atomic E-state index is 0.0165. The first-order valence-corrected chi connectivity index (χ1v) is 20.8. The van der Waals surface area contributed by atoms with Crippen LogP contribution in [-0.4, -0.2) is 72.2 Å². The molecule has 7 rings (SSSR count). The molecular weight excluding hydrogens is 731 g/mol. The van der Waals surface area contributed by atoms with Gasteiger partial charge in [0.2, 0.25) is 17.7 Å². The van der Waals surface area contributed by atoms with Crippen LogP contribution in [0.3, 0.4) is 0 Å². The lowest BCUT2D eigenvalue weighted by Crippen LogP contribution is -2.57. The lowest BCUT2D eigenvalue weighted by Gasteiger charge is -2.46. The molecule has 3 aliphatic rings. The van der Waals surface area contributed by atoms with Gasteiger partial charge in [0.1, 0.15) is 5.54 Å². The van der Waals surface area contributed by atoms with Gasteiger partial charge in [0.15, 0.2) is 6.29 Å². The summed E-state index contributed by atoms with van der Waals surface area (Å²) >= 11 is 0. The van der Waals surface area contributed by atoms with Gasteiger partial charge in [-0.3, -0.25) is 14.4 Å². The first kappa shape index (κ1) is 41.1. The molecule has 3 heterocycles. The third-order valence-electron chi connectivity index (χ3n) is 12.1. The zero-order chi connectivity index (χ0) is 40.5. The van der Waals surface area contributed by atoms with Crippen molar-refractivity contribution in [2.45, 2.75) is 89.6 Å². The summed E-state index contributed by atoms with van der Waals surface area (Å²) in [6.45, 7) is 7.53. The molecule has 0 bridgehead atoms. The lowest BCUT2D eigenvalue weighted by atomic mass is 9.84. The van der Waals surface area contributed by atoms with Crippen molar-refractivity contribution < 1.29 is 29.0 Å². The Morgan fingerprint density at radius 2 is 1.55 bits per heavy atom. The summed E-state index contributed by atoms with van der Waals surface area (Å²) in [4.78, 5) is 41.7. The zero-order valence-corrected chi connectivity index (χ0v) is 33.7. The average Bonchev–Trinajstić information content (AvgIpc) is 3.57. The van der Waals surface area contributed by atoms with Gasteiger partial charge in [0.05, 0.1) is 25.5 Å². The van der Waals surface area contributed by atoms with Crippen molar-refractivity contribution in [1.82, 2.24) is 20.9 Å². The van der Waals surface area contributed by atoms with Crippen LogP contribution < -0.4 is 20.9 Å². The molecule has 1 spiro atoms. The molecule has 11 heteroatoms. The van der Waals surface area contributed by atoms with Crippen LogP contribution in [0.5, 0.6) is 0 Å². The van der Waals surface area contributed by atoms with E-state index in [1.165, 1.54) is 6.92 Å². The molecule has 4 unspecified atom stereocenters. The number of para-hydroxylation sites is 1. The maximum atomic E-state index is 13.3. The molecule has 306 valence electrons. The van der Waals surface area contributed by atoms with Gasteiger partial charge >= 0.3 is 0 Å². The van der Waals surface area contributed by atoms with Crippen LogP contribution in [0.2, 0.25) is 0 Å². The van der Waals surface area contributed by atoms with E-state index in [2.05, 4.69) is 75.1 Å². The van der Waals surface area contributed by atoms with Crippen molar-refractivity contribution in [2.75, 3.05) is 37.7 Å². The zero-order valence-electron chi connectivity index (χ0n) is 33.7. The number of piperidine rings is 1. The van der Waals surface area contributed by atoms with Gasteiger partial charge in [0.25, 0.3) is 0 Å². The molecule has 3 aliphatic heterocycles. The van der Waals surface area contributed by atoms with Gasteiger partial charge in [-0.05, 0) is 65.6 Å². The van der Waals surface area contributed by atoms with Crippen LogP contribution >= 0.6 is 0 Å². The van der Waals surface area contributed by atoms with E-state index in [-0.39, 0.29) is 42.5 Å². The number of carbonyl (C=O) groups is 3. The van der Waals surface area contributed by atoms with Crippen molar-refractivity contribution in [3.05, 3.63) is 125 Å². The van der Waals surface area contributed by atoms with Gasteiger partial charge in [-0.25, -0.2) is 0 Å². The number of unbranched alkanes of at least 4 members (excludes halogenated alkanes) is 2. The fraction of sp³-hybridized carbons (Fsp3) is 0.426. The fourth-order valence-electron chi connectivity index (χ4n) is 8.63. The molecule has 3 amide bonds. The monoisotopic (exact) mass is 787 g/mol. The smallest absolute Gasteiger partial charge is 0.247 e. The van der Waals surface area contributed by atoms with Crippen molar-refractivity contribution in [3.63, 3.8) is 0 Å². The Hall–Kier alpha value is -5.07. The maximum Gasteiger partial charge on any atom is 0.247 e. The third-order valence-corrected chi connectivity index (χ3v) is 12.1. The Kier molecular flexibility index (Phi) is 13.6. The molecule has 4 N–H and O–H groups in total. The van der Waals surface area contributed by atoms with Crippen LogP contribution in [-0.2, 0) is 37.0 Å². The number of amides is 3. The summed E-state index contributed by atoms with van der Waals surface area (Å²) in [5.41, 5.74) is 6.43. The molecule has 4 aromatic rings. The van der Waals surface area contributed by atoms with E-state index < -0.39 is 11.8 Å². The molecule has 3 saturated heterocycles. The van der Waals surface area contributed by atoms with Gasteiger partial charge in [-0.2, -0.15) is 0 Å². The number of nitrogens with one attached hydrogen (secondary N) is 3. The molecule has 4 aromatic carbocycles. The number of aliphatic hydroxyl groups is 1. The Morgan fingerprint density at radius 1 is 0.845 bits per heavy atom. The van der Waals surface area contributed by atoms with Crippen LogP contribution in [0.4, 0.5) is 5.69 Å². The number of hydrogen-bond donors (Lipinski definition) is 4. The highest BCUT2D eigenvalue weighted by molar-refractivity contribution is 5.93. The van der Waals surface area contributed by atoms with Gasteiger partial charge in [-0.1, -0.05) is 104 Å². The van der Waals surface area contributed by atoms with Crippen molar-refractivity contribution in [1.29, 1.82) is 0 Å². The summed E-state index contributed by atoms with van der Waals surface area (Å²) in [7, 11) is 0. The van der Waals surface area contributed by atoms with Crippen LogP contribution in [0.25, 0.3) is 11.1 Å². The highest BCUT2D eigenvalue weighted by Crippen LogP contribution is 2.43. The molecule has 0 aromatic heterocycles. The van der Waals surface area contributed by atoms with E-state index in [4.69, 9.17) is 9.47 Å². The molecule has 0 aliphatic carbocycles. The molecular formula is C47H57N5O6. The molecule has 0 saturated carbocycles. The highest BCUT2D eigenvalue weighted by Gasteiger charge is 2.51. The van der Waals surface area contributed by atoms with Crippen molar-refractivity contribution >= 4 is 23.4 Å². The molecule has 11 nitrogen and oxygen atoms in total. The second-order valence-electron chi connectivity index (χ2n) is 15.9. The first-order valence-electron chi connectivity index (χ1n) is 20.8. The molecule has 3 fully saturated rings. The number of nitrogens with zero attached hydrogens (tertiary/aromatic N) is 2. The van der Waals surface area contributed by atoms with E-state index >= 15 is 0 Å². The lowest BCUT2D eigenvalue weighted by molar-refractivity contribution is -0.276. The Balaban J connectivity index is 1.02. The number of ether oxygens (including phenoxy) is 2. The number of rotatable bonds is 15. The second kappa shape index (κ2) is 19.1. The predicted molar refractivity (Wildman–Crippen MR) is 224 cm³/mol. The SMILES string of the molecule is CC(=O)NCCCCCC(=O)NCc1ccccc1-c1ccc(C2OC(CN3CCC4(CC3)C(=O)NCN4c3ccccc3)C(C)C(c3ccc(CO)cc3)O2)cc1. The number of benzene rings is 4. The van der Waals surface area contributed by atoms with Gasteiger partial charge in [-0.15, -0.1) is 0 Å². The standard InChI is InChI=1S/C47H57N5O6/c1-33-42(30-51-27-24-47(25-28-51)46(56)50-32-52(47)40-12-5-3-6-13-40)57-45(58-44(33)37-18-16-35(31-53)17-19-37)38-22-20-36(21-23-38)41-14-9-8-11-39(41)29-49-43(55)15-7-4-10-26-48-34(2)54/h3,5-6,8-9,11-14,16-23,33,42,44-45,53H,4,7,10,15,24-32H2,1-2H3,(H,48,54)(H,49,55)(H,50,56). The van der Waals surface area contributed by atoms with E-state index in [1.54, 1.807) is 0 Å². The minimum Gasteiger partial charge on any atom is -0.392 e. The number of likely N-dealkylation sites (tertiary alicyclic amines) is 1. The Labute approximate surface area is 342 Å². The summed E-state index contributed by atoms with van der Waals surface area (Å²) in [5.74, 6) is 0.129. The second-order valence-corrected chi connectivity index (χ2v) is 15.9. The van der Waals surface area contributed by atoms with Crippen LogP contribution in [0.15, 0.2) is 103 Å². The van der Waals surface area contributed by atoms with E-state index in [9.17, 15) is 19.5 Å². The number of hydrogen-bond acceptors (Lipinski definition) is 8. The summed E-state index contributed by atoms with van der Waals surface area (Å²) in [6, 6.07) is 34.6. The molecule has 4 atom stereocenters. The molecule has 0 radical (unpaired) electrons. The van der Waals surface area contributed by atoms with Crippen LogP contribution in [0, 0.1) is 5.92 Å². The minimum atomic E-state index is -0.601. The van der Waals surface area contributed by atoms with Gasteiger partial charge < -0.3 is 40.3 Å². The fourth-order valence-corrected chi connectivity index (χ4v) is 8.63. The topological polar surface area (TPSA) is 132 Å².